The number of carbonyl (C=O) groups is 3. The van der Waals surface area contributed by atoms with Gasteiger partial charge in [-0.2, -0.15) is 0 Å². The van der Waals surface area contributed by atoms with Crippen molar-refractivity contribution in [2.75, 3.05) is 31.2 Å². The number of aryl methyl sites for hydroxylation is 1. The average molecular weight is 533 g/mol. The normalized spacial score (nSPS) is 27.9. The SMILES string of the molecule is C=CCN(C(=O)[C@H]1N(CCCCCCO)C(=O)[C@@H]2[C@@H](C(=O)OCC)[C@H]3CC[C@]21O3)c1c(C)cccc1Cl. The largest absolute Gasteiger partial charge is 0.466 e. The van der Waals surface area contributed by atoms with Crippen LogP contribution in [0.1, 0.15) is 51.0 Å². The fourth-order valence-corrected chi connectivity index (χ4v) is 6.78. The van der Waals surface area contributed by atoms with Gasteiger partial charge in [0.25, 0.3) is 5.91 Å². The Bertz CT molecular complexity index is 1030. The van der Waals surface area contributed by atoms with Gasteiger partial charge in [-0.3, -0.25) is 14.4 Å². The van der Waals surface area contributed by atoms with E-state index >= 15 is 0 Å². The van der Waals surface area contributed by atoms with Gasteiger partial charge in [0.15, 0.2) is 0 Å². The molecule has 3 heterocycles. The maximum absolute atomic E-state index is 14.5. The van der Waals surface area contributed by atoms with Gasteiger partial charge >= 0.3 is 5.97 Å². The number of ether oxygens (including phenoxy) is 2. The van der Waals surface area contributed by atoms with Crippen LogP contribution in [0, 0.1) is 18.8 Å². The van der Waals surface area contributed by atoms with Crippen molar-refractivity contribution >= 4 is 35.1 Å². The van der Waals surface area contributed by atoms with Crippen molar-refractivity contribution in [2.24, 2.45) is 11.8 Å². The molecule has 202 valence electrons. The lowest BCUT2D eigenvalue weighted by atomic mass is 9.70. The molecule has 1 aromatic rings. The van der Waals surface area contributed by atoms with E-state index in [9.17, 15) is 14.4 Å². The maximum Gasteiger partial charge on any atom is 0.312 e. The van der Waals surface area contributed by atoms with E-state index in [4.69, 9.17) is 26.2 Å². The van der Waals surface area contributed by atoms with E-state index in [-0.39, 0.29) is 31.6 Å². The second kappa shape index (κ2) is 11.5. The number of unbranched alkanes of at least 4 members (excludes halogenated alkanes) is 3. The van der Waals surface area contributed by atoms with Gasteiger partial charge in [0.1, 0.15) is 11.6 Å². The second-order valence-corrected chi connectivity index (χ2v) is 10.5. The molecule has 4 rings (SSSR count). The third-order valence-electron chi connectivity index (χ3n) is 7.94. The highest BCUT2D eigenvalue weighted by Crippen LogP contribution is 2.59. The highest BCUT2D eigenvalue weighted by atomic mass is 35.5. The first kappa shape index (κ1) is 27.6. The summed E-state index contributed by atoms with van der Waals surface area (Å²) in [5.74, 6) is -2.42. The predicted molar refractivity (Wildman–Crippen MR) is 140 cm³/mol. The van der Waals surface area contributed by atoms with Gasteiger partial charge in [0.2, 0.25) is 5.91 Å². The van der Waals surface area contributed by atoms with Crippen LogP contribution in [-0.2, 0) is 23.9 Å². The molecule has 1 N–H and O–H groups in total. The van der Waals surface area contributed by atoms with Gasteiger partial charge in [0.05, 0.1) is 35.3 Å². The van der Waals surface area contributed by atoms with Gasteiger partial charge in [-0.15, -0.1) is 6.58 Å². The summed E-state index contributed by atoms with van der Waals surface area (Å²) in [5, 5.41) is 9.54. The summed E-state index contributed by atoms with van der Waals surface area (Å²) in [6.07, 6.45) is 5.32. The van der Waals surface area contributed by atoms with E-state index in [0.29, 0.717) is 42.9 Å². The minimum absolute atomic E-state index is 0.124. The van der Waals surface area contributed by atoms with E-state index in [1.165, 1.54) is 0 Å². The van der Waals surface area contributed by atoms with Crippen LogP contribution in [0.15, 0.2) is 30.9 Å². The van der Waals surface area contributed by atoms with Gasteiger partial charge in [0, 0.05) is 19.7 Å². The number of fused-ring (bicyclic) bond motifs is 1. The number of nitrogens with zero attached hydrogens (tertiary/aromatic N) is 2. The van der Waals surface area contributed by atoms with Crippen LogP contribution in [0.5, 0.6) is 0 Å². The minimum Gasteiger partial charge on any atom is -0.466 e. The summed E-state index contributed by atoms with van der Waals surface area (Å²) >= 11 is 6.57. The number of carbonyl (C=O) groups excluding carboxylic acids is 3. The van der Waals surface area contributed by atoms with Gasteiger partial charge < -0.3 is 24.4 Å². The van der Waals surface area contributed by atoms with E-state index in [1.807, 2.05) is 19.1 Å². The van der Waals surface area contributed by atoms with Crippen LogP contribution in [0.2, 0.25) is 5.02 Å². The van der Waals surface area contributed by atoms with E-state index in [2.05, 4.69) is 6.58 Å². The number of hydrogen-bond donors (Lipinski definition) is 1. The quantitative estimate of drug-likeness (QED) is 0.251. The van der Waals surface area contributed by atoms with Crippen LogP contribution < -0.4 is 4.90 Å². The molecule has 37 heavy (non-hydrogen) atoms. The number of hydrogen-bond acceptors (Lipinski definition) is 6. The first-order chi connectivity index (χ1) is 17.8. The Labute approximate surface area is 223 Å². The third kappa shape index (κ3) is 4.79. The van der Waals surface area contributed by atoms with Crippen molar-refractivity contribution in [1.82, 2.24) is 4.90 Å². The molecule has 0 aromatic heterocycles. The number of rotatable bonds is 12. The van der Waals surface area contributed by atoms with Crippen LogP contribution >= 0.6 is 11.6 Å². The molecular weight excluding hydrogens is 496 g/mol. The van der Waals surface area contributed by atoms with Crippen LogP contribution in [0.3, 0.4) is 0 Å². The topological polar surface area (TPSA) is 96.4 Å². The molecule has 3 aliphatic rings. The van der Waals surface area contributed by atoms with Crippen molar-refractivity contribution in [1.29, 1.82) is 0 Å². The van der Waals surface area contributed by atoms with E-state index in [1.54, 1.807) is 28.9 Å². The molecule has 9 heteroatoms. The monoisotopic (exact) mass is 532 g/mol. The average Bonchev–Trinajstić information content (AvgIpc) is 3.50. The lowest BCUT2D eigenvalue weighted by Gasteiger charge is -2.37. The van der Waals surface area contributed by atoms with Gasteiger partial charge in [-0.25, -0.2) is 0 Å². The zero-order valence-corrected chi connectivity index (χ0v) is 22.4. The summed E-state index contributed by atoms with van der Waals surface area (Å²) in [6, 6.07) is 4.57. The fourth-order valence-electron chi connectivity index (χ4n) is 6.46. The summed E-state index contributed by atoms with van der Waals surface area (Å²) < 4.78 is 11.8. The Balaban J connectivity index is 1.73. The van der Waals surface area contributed by atoms with Crippen molar-refractivity contribution in [3.8, 4) is 0 Å². The molecule has 1 aromatic carbocycles. The Morgan fingerprint density at radius 3 is 2.76 bits per heavy atom. The Morgan fingerprint density at radius 1 is 1.32 bits per heavy atom. The van der Waals surface area contributed by atoms with Crippen molar-refractivity contribution in [3.63, 3.8) is 0 Å². The van der Waals surface area contributed by atoms with E-state index in [0.717, 1.165) is 18.4 Å². The first-order valence-corrected chi connectivity index (χ1v) is 13.6. The molecule has 3 saturated heterocycles. The lowest BCUT2D eigenvalue weighted by molar-refractivity contribution is -0.154. The van der Waals surface area contributed by atoms with Crippen molar-refractivity contribution < 1.29 is 29.0 Å². The maximum atomic E-state index is 14.5. The van der Waals surface area contributed by atoms with Gasteiger partial charge in [-0.05, 0) is 51.2 Å². The molecule has 0 aliphatic carbocycles. The number of likely N-dealkylation sites (tertiary alicyclic amines) is 1. The van der Waals surface area contributed by atoms with Crippen molar-refractivity contribution in [3.05, 3.63) is 41.4 Å². The minimum atomic E-state index is -1.09. The molecule has 2 bridgehead atoms. The number of para-hydroxylation sites is 1. The molecular formula is C28H37ClN2O6. The number of benzene rings is 1. The summed E-state index contributed by atoms with van der Waals surface area (Å²) in [4.78, 5) is 44.6. The van der Waals surface area contributed by atoms with Crippen LogP contribution in [0.4, 0.5) is 5.69 Å². The Morgan fingerprint density at radius 2 is 2.08 bits per heavy atom. The molecule has 8 nitrogen and oxygen atoms in total. The molecule has 3 aliphatic heterocycles. The number of halogens is 1. The van der Waals surface area contributed by atoms with Crippen LogP contribution in [-0.4, -0.2) is 71.8 Å². The smallest absolute Gasteiger partial charge is 0.312 e. The van der Waals surface area contributed by atoms with Crippen LogP contribution in [0.25, 0.3) is 0 Å². The first-order valence-electron chi connectivity index (χ1n) is 13.3. The number of aliphatic hydroxyl groups excluding tert-OH is 1. The molecule has 0 saturated carbocycles. The number of anilines is 1. The molecule has 1 spiro atoms. The number of aliphatic hydroxyl groups is 1. The zero-order valence-electron chi connectivity index (χ0n) is 21.7. The lowest BCUT2D eigenvalue weighted by Crippen LogP contribution is -2.56. The van der Waals surface area contributed by atoms with Gasteiger partial charge in [-0.1, -0.05) is 42.7 Å². The molecule has 5 atom stereocenters. The summed E-state index contributed by atoms with van der Waals surface area (Å²) in [7, 11) is 0. The fraction of sp³-hybridized carbons (Fsp3) is 0.607. The highest BCUT2D eigenvalue weighted by molar-refractivity contribution is 6.34. The Kier molecular flexibility index (Phi) is 8.61. The number of amides is 2. The summed E-state index contributed by atoms with van der Waals surface area (Å²) in [6.45, 7) is 8.39. The highest BCUT2D eigenvalue weighted by Gasteiger charge is 2.75. The predicted octanol–water partition coefficient (Wildman–Crippen LogP) is 3.66. The summed E-state index contributed by atoms with van der Waals surface area (Å²) in [5.41, 5.74) is 0.326. The van der Waals surface area contributed by atoms with E-state index < -0.39 is 35.6 Å². The molecule has 3 fully saturated rings. The molecule has 2 amide bonds. The Hall–Kier alpha value is -2.42. The van der Waals surface area contributed by atoms with Crippen molar-refractivity contribution in [2.45, 2.75) is 70.1 Å². The third-order valence-corrected chi connectivity index (χ3v) is 8.24. The number of esters is 1. The standard InChI is InChI=1S/C28H37ClN2O6/c1-4-15-30(23-18(3)11-10-12-19(23)29)26(34)24-28-14-13-20(37-28)21(27(35)36-5-2)22(28)25(33)31(24)16-8-6-7-9-17-32/h4,10-12,20-22,24,32H,1,5-9,13-17H2,2-3H3/t20-,21+,22+,24-,28+/m1/s1. The molecule has 0 unspecified atom stereocenters. The second-order valence-electron chi connectivity index (χ2n) is 10.1. The zero-order chi connectivity index (χ0) is 26.7. The molecule has 0 radical (unpaired) electrons.